The number of halogens is 1. The summed E-state index contributed by atoms with van der Waals surface area (Å²) in [6.07, 6.45) is 14.5. The van der Waals surface area contributed by atoms with E-state index in [1.807, 2.05) is 12.3 Å². The van der Waals surface area contributed by atoms with Crippen molar-refractivity contribution in [1.82, 2.24) is 10.3 Å². The van der Waals surface area contributed by atoms with Crippen LogP contribution in [0.25, 0.3) is 0 Å². The number of hydrogen-bond donors (Lipinski definition) is 1. The van der Waals surface area contributed by atoms with Crippen LogP contribution < -0.4 is 10.1 Å². The lowest BCUT2D eigenvalue weighted by Gasteiger charge is -2.46. The lowest BCUT2D eigenvalue weighted by molar-refractivity contribution is -0.104. The van der Waals surface area contributed by atoms with Gasteiger partial charge in [0.1, 0.15) is 5.75 Å². The molecule has 0 aromatic carbocycles. The Bertz CT molecular complexity index is 820. The first-order chi connectivity index (χ1) is 14.8. The number of hydrogen-bond acceptors (Lipinski definition) is 5. The summed E-state index contributed by atoms with van der Waals surface area (Å²) in [5.41, 5.74) is 1.47. The largest absolute Gasteiger partial charge is 0.489 e. The van der Waals surface area contributed by atoms with Gasteiger partial charge in [-0.05, 0) is 81.5 Å². The summed E-state index contributed by atoms with van der Waals surface area (Å²) in [6.45, 7) is 2.74. The molecule has 2 aliphatic carbocycles. The van der Waals surface area contributed by atoms with Gasteiger partial charge in [0.25, 0.3) is 0 Å². The van der Waals surface area contributed by atoms with E-state index in [-0.39, 0.29) is 23.4 Å². The van der Waals surface area contributed by atoms with Gasteiger partial charge in [0.2, 0.25) is 0 Å². The van der Waals surface area contributed by atoms with Crippen LogP contribution in [0.15, 0.2) is 35.8 Å². The second-order valence-electron chi connectivity index (χ2n) is 9.47. The molecule has 1 unspecified atom stereocenters. The third-order valence-corrected chi connectivity index (χ3v) is 8.39. The number of rotatable bonds is 8. The Morgan fingerprint density at radius 2 is 2.00 bits per heavy atom. The van der Waals surface area contributed by atoms with E-state index < -0.39 is 0 Å². The SMILES string of the molecule is Cl.c1ccc(C2(CCNCc3sccc3OC3CCC3)CCOC3(CCCC3)C2)nc1. The average Bonchev–Trinajstić information content (AvgIpc) is 3.38. The maximum Gasteiger partial charge on any atom is 0.134 e. The van der Waals surface area contributed by atoms with Gasteiger partial charge in [0.15, 0.2) is 0 Å². The summed E-state index contributed by atoms with van der Waals surface area (Å²) in [6, 6.07) is 8.54. The molecule has 0 bridgehead atoms. The molecule has 2 saturated carbocycles. The van der Waals surface area contributed by atoms with Crippen molar-refractivity contribution in [1.29, 1.82) is 0 Å². The molecule has 6 heteroatoms. The van der Waals surface area contributed by atoms with Crippen LogP contribution >= 0.6 is 23.7 Å². The van der Waals surface area contributed by atoms with Gasteiger partial charge < -0.3 is 14.8 Å². The quantitative estimate of drug-likeness (QED) is 0.486. The highest BCUT2D eigenvalue weighted by molar-refractivity contribution is 7.10. The Morgan fingerprint density at radius 1 is 1.13 bits per heavy atom. The van der Waals surface area contributed by atoms with E-state index in [2.05, 4.69) is 28.9 Å². The summed E-state index contributed by atoms with van der Waals surface area (Å²) in [5.74, 6) is 1.09. The normalized spacial score (nSPS) is 25.2. The molecule has 0 amide bonds. The molecule has 1 N–H and O–H groups in total. The van der Waals surface area contributed by atoms with Crippen LogP contribution in [-0.4, -0.2) is 29.8 Å². The fraction of sp³-hybridized carbons (Fsp3) is 0.640. The van der Waals surface area contributed by atoms with Gasteiger partial charge in [-0.2, -0.15) is 0 Å². The van der Waals surface area contributed by atoms with Gasteiger partial charge in [-0.1, -0.05) is 18.9 Å². The fourth-order valence-electron chi connectivity index (χ4n) is 5.56. The molecule has 2 aromatic rings. The minimum absolute atomic E-state index is 0. The smallest absolute Gasteiger partial charge is 0.134 e. The highest BCUT2D eigenvalue weighted by Crippen LogP contribution is 2.49. The van der Waals surface area contributed by atoms with Crippen LogP contribution in [0.3, 0.4) is 0 Å². The number of nitrogens with one attached hydrogen (secondary N) is 1. The molecule has 1 aliphatic heterocycles. The predicted octanol–water partition coefficient (Wildman–Crippen LogP) is 6.04. The summed E-state index contributed by atoms with van der Waals surface area (Å²) in [7, 11) is 0. The Balaban J connectivity index is 0.00000231. The molecule has 3 aliphatic rings. The summed E-state index contributed by atoms with van der Waals surface area (Å²) in [5, 5.41) is 5.88. The predicted molar refractivity (Wildman–Crippen MR) is 128 cm³/mol. The Hall–Kier alpha value is -1.14. The highest BCUT2D eigenvalue weighted by atomic mass is 35.5. The third-order valence-electron chi connectivity index (χ3n) is 7.49. The molecular weight excluding hydrogens is 428 g/mol. The van der Waals surface area contributed by atoms with Crippen molar-refractivity contribution >= 4 is 23.7 Å². The number of aromatic nitrogens is 1. The van der Waals surface area contributed by atoms with Gasteiger partial charge in [-0.15, -0.1) is 23.7 Å². The van der Waals surface area contributed by atoms with Gasteiger partial charge >= 0.3 is 0 Å². The van der Waals surface area contributed by atoms with E-state index in [0.717, 1.165) is 44.7 Å². The van der Waals surface area contributed by atoms with E-state index in [4.69, 9.17) is 14.5 Å². The third kappa shape index (κ3) is 5.11. The molecule has 3 fully saturated rings. The van der Waals surface area contributed by atoms with Gasteiger partial charge in [-0.3, -0.25) is 4.98 Å². The molecule has 170 valence electrons. The number of ether oxygens (including phenoxy) is 2. The lowest BCUT2D eigenvalue weighted by Crippen LogP contribution is -2.47. The average molecular weight is 463 g/mol. The van der Waals surface area contributed by atoms with E-state index >= 15 is 0 Å². The molecular formula is C25H35ClN2O2S. The number of thiophene rings is 1. The summed E-state index contributed by atoms with van der Waals surface area (Å²) < 4.78 is 12.5. The monoisotopic (exact) mass is 462 g/mol. The molecule has 4 nitrogen and oxygen atoms in total. The van der Waals surface area contributed by atoms with E-state index in [9.17, 15) is 0 Å². The first-order valence-corrected chi connectivity index (χ1v) is 12.6. The fourth-order valence-corrected chi connectivity index (χ4v) is 6.33. The number of nitrogens with zero attached hydrogens (tertiary/aromatic N) is 1. The maximum atomic E-state index is 6.37. The molecule has 2 aromatic heterocycles. The van der Waals surface area contributed by atoms with Crippen molar-refractivity contribution in [3.05, 3.63) is 46.4 Å². The summed E-state index contributed by atoms with van der Waals surface area (Å²) >= 11 is 1.80. The van der Waals surface area contributed by atoms with E-state index in [0.29, 0.717) is 6.10 Å². The highest BCUT2D eigenvalue weighted by Gasteiger charge is 2.48. The van der Waals surface area contributed by atoms with Crippen molar-refractivity contribution in [2.45, 2.75) is 87.9 Å². The lowest BCUT2D eigenvalue weighted by atomic mass is 9.68. The van der Waals surface area contributed by atoms with Gasteiger partial charge in [0, 0.05) is 30.5 Å². The van der Waals surface area contributed by atoms with Crippen LogP contribution in [-0.2, 0) is 16.7 Å². The molecule has 1 saturated heterocycles. The zero-order valence-corrected chi connectivity index (χ0v) is 19.9. The van der Waals surface area contributed by atoms with Crippen LogP contribution in [0.2, 0.25) is 0 Å². The minimum Gasteiger partial charge on any atom is -0.489 e. The van der Waals surface area contributed by atoms with Crippen molar-refractivity contribution in [2.24, 2.45) is 0 Å². The van der Waals surface area contributed by atoms with Crippen molar-refractivity contribution in [3.8, 4) is 5.75 Å². The maximum absolute atomic E-state index is 6.37. The molecule has 0 radical (unpaired) electrons. The number of pyridine rings is 1. The first kappa shape index (κ1) is 23.0. The van der Waals surface area contributed by atoms with Crippen molar-refractivity contribution < 1.29 is 9.47 Å². The Labute approximate surface area is 196 Å². The van der Waals surface area contributed by atoms with E-state index in [1.165, 1.54) is 55.5 Å². The van der Waals surface area contributed by atoms with Crippen LogP contribution in [0.4, 0.5) is 0 Å². The molecule has 3 heterocycles. The van der Waals surface area contributed by atoms with E-state index in [1.54, 1.807) is 11.3 Å². The zero-order valence-electron chi connectivity index (χ0n) is 18.3. The first-order valence-electron chi connectivity index (χ1n) is 11.8. The minimum atomic E-state index is 0. The topological polar surface area (TPSA) is 43.4 Å². The molecule has 1 atom stereocenters. The standard InChI is InChI=1S/C25H34N2O2S.ClH/c1-4-14-27-23(8-1)24(13-16-28-25(19-24)10-2-3-11-25)12-15-26-18-22-21(9-17-30-22)29-20-6-5-7-20;/h1,4,8-9,14,17,20,26H,2-3,5-7,10-13,15-16,18-19H2;1H. The van der Waals surface area contributed by atoms with Gasteiger partial charge in [0.05, 0.1) is 16.6 Å². The second kappa shape index (κ2) is 10.2. The molecule has 5 rings (SSSR count). The molecule has 1 spiro atoms. The Kier molecular flexibility index (Phi) is 7.58. The zero-order chi connectivity index (χ0) is 20.3. The van der Waals surface area contributed by atoms with Crippen molar-refractivity contribution in [2.75, 3.05) is 13.2 Å². The van der Waals surface area contributed by atoms with Crippen molar-refractivity contribution in [3.63, 3.8) is 0 Å². The van der Waals surface area contributed by atoms with Crippen LogP contribution in [0.1, 0.15) is 74.8 Å². The molecule has 31 heavy (non-hydrogen) atoms. The van der Waals surface area contributed by atoms with Crippen LogP contribution in [0, 0.1) is 0 Å². The Morgan fingerprint density at radius 3 is 2.74 bits per heavy atom. The van der Waals surface area contributed by atoms with Gasteiger partial charge in [-0.25, -0.2) is 0 Å². The van der Waals surface area contributed by atoms with Crippen LogP contribution in [0.5, 0.6) is 5.75 Å². The summed E-state index contributed by atoms with van der Waals surface area (Å²) in [4.78, 5) is 6.15. The second-order valence-corrected chi connectivity index (χ2v) is 10.5.